The van der Waals surface area contributed by atoms with Crippen LogP contribution in [0.1, 0.15) is 33.3 Å². The molecule has 1 aliphatic heterocycles. The lowest BCUT2D eigenvalue weighted by atomic mass is 9.78. The summed E-state index contributed by atoms with van der Waals surface area (Å²) in [6, 6.07) is 0. The Morgan fingerprint density at radius 1 is 1.38 bits per heavy atom. The van der Waals surface area contributed by atoms with Crippen molar-refractivity contribution in [1.29, 1.82) is 0 Å². The Morgan fingerprint density at radius 2 is 1.95 bits per heavy atom. The lowest BCUT2D eigenvalue weighted by molar-refractivity contribution is 0.00578. The lowest BCUT2D eigenvalue weighted by Gasteiger charge is -2.32. The number of nitrogens with two attached hydrogens (primary N) is 1. The van der Waals surface area contributed by atoms with Gasteiger partial charge in [-0.1, -0.05) is 17.7 Å². The van der Waals surface area contributed by atoms with Crippen LogP contribution in [0.25, 0.3) is 6.08 Å². The first-order valence-corrected chi connectivity index (χ1v) is 6.99. The molecule has 0 amide bonds. The van der Waals surface area contributed by atoms with Crippen LogP contribution in [0.5, 0.6) is 0 Å². The van der Waals surface area contributed by atoms with Crippen molar-refractivity contribution in [3.05, 3.63) is 22.4 Å². The summed E-state index contributed by atoms with van der Waals surface area (Å²) in [6.45, 7) is 7.56. The zero-order chi connectivity index (χ0) is 15.8. The SMILES string of the molecule is CC1(C)OB(C(=Cc2cnc(N)nc2Cl)CO)OC1(C)C. The van der Waals surface area contributed by atoms with Gasteiger partial charge in [-0.15, -0.1) is 0 Å². The molecule has 1 saturated heterocycles. The Hall–Kier alpha value is -1.15. The summed E-state index contributed by atoms with van der Waals surface area (Å²) in [7, 11) is -0.645. The third kappa shape index (κ3) is 3.21. The molecule has 0 atom stereocenters. The molecule has 0 radical (unpaired) electrons. The van der Waals surface area contributed by atoms with Crippen LogP contribution in [0.3, 0.4) is 0 Å². The third-order valence-electron chi connectivity index (χ3n) is 3.87. The number of aliphatic hydroxyl groups excluding tert-OH is 1. The number of nitrogens with zero attached hydrogens (tertiary/aromatic N) is 2. The molecule has 114 valence electrons. The highest BCUT2D eigenvalue weighted by molar-refractivity contribution is 6.56. The summed E-state index contributed by atoms with van der Waals surface area (Å²) < 4.78 is 11.8. The topological polar surface area (TPSA) is 90.5 Å². The highest BCUT2D eigenvalue weighted by Crippen LogP contribution is 2.38. The first-order valence-electron chi connectivity index (χ1n) is 6.61. The van der Waals surface area contributed by atoms with Crippen molar-refractivity contribution >= 4 is 30.7 Å². The van der Waals surface area contributed by atoms with Gasteiger partial charge in [-0.25, -0.2) is 9.97 Å². The van der Waals surface area contributed by atoms with Gasteiger partial charge in [-0.3, -0.25) is 0 Å². The summed E-state index contributed by atoms with van der Waals surface area (Å²) in [5, 5.41) is 9.81. The number of aliphatic hydroxyl groups is 1. The van der Waals surface area contributed by atoms with E-state index in [0.29, 0.717) is 11.0 Å². The zero-order valence-electron chi connectivity index (χ0n) is 12.6. The van der Waals surface area contributed by atoms with Crippen LogP contribution in [0.4, 0.5) is 5.95 Å². The van der Waals surface area contributed by atoms with Crippen molar-refractivity contribution in [2.45, 2.75) is 38.9 Å². The standard InChI is InChI=1S/C13H19BClN3O3/c1-12(2)13(3,4)21-14(20-12)9(7-19)5-8-6-17-11(16)18-10(8)15/h5-6,19H,7H2,1-4H3,(H2,16,17,18). The van der Waals surface area contributed by atoms with Crippen molar-refractivity contribution in [3.63, 3.8) is 0 Å². The Labute approximate surface area is 129 Å². The van der Waals surface area contributed by atoms with Crippen LogP contribution < -0.4 is 5.73 Å². The van der Waals surface area contributed by atoms with E-state index in [1.54, 1.807) is 6.08 Å². The van der Waals surface area contributed by atoms with Gasteiger partial charge >= 0.3 is 7.12 Å². The summed E-state index contributed by atoms with van der Waals surface area (Å²) >= 11 is 6.01. The average Bonchev–Trinajstić information content (AvgIpc) is 2.57. The van der Waals surface area contributed by atoms with Crippen LogP contribution in [0.15, 0.2) is 11.7 Å². The highest BCUT2D eigenvalue weighted by atomic mass is 35.5. The number of rotatable bonds is 3. The van der Waals surface area contributed by atoms with E-state index in [1.165, 1.54) is 6.20 Å². The third-order valence-corrected chi connectivity index (χ3v) is 4.17. The molecule has 1 aromatic rings. The number of halogens is 1. The fourth-order valence-electron chi connectivity index (χ4n) is 1.86. The van der Waals surface area contributed by atoms with Crippen molar-refractivity contribution in [1.82, 2.24) is 9.97 Å². The van der Waals surface area contributed by atoms with Crippen LogP contribution in [0, 0.1) is 0 Å². The molecule has 1 aromatic heterocycles. The molecule has 0 spiro atoms. The molecule has 0 saturated carbocycles. The number of aromatic nitrogens is 2. The van der Waals surface area contributed by atoms with Crippen molar-refractivity contribution in [3.8, 4) is 0 Å². The van der Waals surface area contributed by atoms with E-state index in [2.05, 4.69) is 9.97 Å². The summed E-state index contributed by atoms with van der Waals surface area (Å²) in [4.78, 5) is 7.75. The number of nitrogen functional groups attached to an aromatic ring is 1. The summed E-state index contributed by atoms with van der Waals surface area (Å²) in [5.74, 6) is 0.0957. The smallest absolute Gasteiger partial charge is 0.400 e. The molecule has 0 aliphatic carbocycles. The van der Waals surface area contributed by atoms with E-state index in [1.807, 2.05) is 27.7 Å². The summed E-state index contributed by atoms with van der Waals surface area (Å²) in [6.07, 6.45) is 3.15. The van der Waals surface area contributed by atoms with Gasteiger partial charge in [0.2, 0.25) is 5.95 Å². The Balaban J connectivity index is 2.31. The molecule has 2 heterocycles. The van der Waals surface area contributed by atoms with Crippen LogP contribution in [-0.2, 0) is 9.31 Å². The van der Waals surface area contributed by atoms with Gasteiger partial charge in [0.15, 0.2) is 0 Å². The fraction of sp³-hybridized carbons (Fsp3) is 0.538. The molecule has 1 fully saturated rings. The second kappa shape index (κ2) is 5.57. The molecule has 2 rings (SSSR count). The van der Waals surface area contributed by atoms with E-state index in [4.69, 9.17) is 26.6 Å². The monoisotopic (exact) mass is 311 g/mol. The van der Waals surface area contributed by atoms with Crippen molar-refractivity contribution in [2.24, 2.45) is 0 Å². The first kappa shape index (κ1) is 16.2. The van der Waals surface area contributed by atoms with Gasteiger partial charge in [0.25, 0.3) is 0 Å². The second-order valence-corrected chi connectivity index (χ2v) is 6.30. The van der Waals surface area contributed by atoms with E-state index in [9.17, 15) is 5.11 Å². The minimum Gasteiger partial charge on any atom is -0.400 e. The Kier molecular flexibility index (Phi) is 4.30. The van der Waals surface area contributed by atoms with Gasteiger partial charge in [0.05, 0.1) is 17.8 Å². The second-order valence-electron chi connectivity index (χ2n) is 5.94. The Morgan fingerprint density at radius 3 is 2.43 bits per heavy atom. The lowest BCUT2D eigenvalue weighted by Crippen LogP contribution is -2.41. The molecule has 0 aromatic carbocycles. The fourth-order valence-corrected chi connectivity index (χ4v) is 2.05. The van der Waals surface area contributed by atoms with Crippen molar-refractivity contribution in [2.75, 3.05) is 12.3 Å². The van der Waals surface area contributed by atoms with E-state index in [0.717, 1.165) is 0 Å². The maximum atomic E-state index is 9.60. The van der Waals surface area contributed by atoms with Gasteiger partial charge in [-0.2, -0.15) is 0 Å². The predicted octanol–water partition coefficient (Wildman–Crippen LogP) is 1.72. The van der Waals surface area contributed by atoms with E-state index in [-0.39, 0.29) is 17.7 Å². The highest BCUT2D eigenvalue weighted by Gasteiger charge is 2.52. The van der Waals surface area contributed by atoms with Gasteiger partial charge in [0.1, 0.15) is 5.15 Å². The minimum atomic E-state index is -0.645. The minimum absolute atomic E-state index is 0.0957. The van der Waals surface area contributed by atoms with Crippen LogP contribution in [-0.4, -0.2) is 40.0 Å². The van der Waals surface area contributed by atoms with Crippen LogP contribution >= 0.6 is 11.6 Å². The Bertz CT molecular complexity index is 562. The molecule has 1 aliphatic rings. The molecule has 8 heteroatoms. The molecule has 6 nitrogen and oxygen atoms in total. The predicted molar refractivity (Wildman–Crippen MR) is 82.6 cm³/mol. The number of anilines is 1. The average molecular weight is 312 g/mol. The largest absolute Gasteiger partial charge is 0.492 e. The quantitative estimate of drug-likeness (QED) is 0.652. The zero-order valence-corrected chi connectivity index (χ0v) is 13.3. The number of hydrogen-bond acceptors (Lipinski definition) is 6. The van der Waals surface area contributed by atoms with Crippen LogP contribution in [0.2, 0.25) is 5.15 Å². The molecule has 0 bridgehead atoms. The van der Waals surface area contributed by atoms with E-state index < -0.39 is 18.3 Å². The number of hydrogen-bond donors (Lipinski definition) is 2. The van der Waals surface area contributed by atoms with Gasteiger partial charge < -0.3 is 20.1 Å². The van der Waals surface area contributed by atoms with Gasteiger partial charge in [0, 0.05) is 11.8 Å². The summed E-state index contributed by atoms with van der Waals surface area (Å²) in [5.41, 5.74) is 5.59. The normalized spacial score (nSPS) is 20.9. The van der Waals surface area contributed by atoms with Crippen molar-refractivity contribution < 1.29 is 14.4 Å². The maximum Gasteiger partial charge on any atom is 0.492 e. The first-order chi connectivity index (χ1) is 9.66. The molecule has 3 N–H and O–H groups in total. The molecule has 0 unspecified atom stereocenters. The van der Waals surface area contributed by atoms with E-state index >= 15 is 0 Å². The maximum absolute atomic E-state index is 9.60. The van der Waals surface area contributed by atoms with Gasteiger partial charge in [-0.05, 0) is 33.2 Å². The molecular formula is C13H19BClN3O3. The molecular weight excluding hydrogens is 292 g/mol. The molecule has 21 heavy (non-hydrogen) atoms.